The Morgan fingerprint density at radius 2 is 2.00 bits per heavy atom. The second-order valence-electron chi connectivity index (χ2n) is 6.54. The summed E-state index contributed by atoms with van der Waals surface area (Å²) in [5, 5.41) is 4.34. The SMILES string of the molecule is COc1cccc(-c2cn3c(CC(=O)Nc4cccc(C(F)(F)F)c4)csc3n2)c1. The second kappa shape index (κ2) is 7.83. The first-order valence-electron chi connectivity index (χ1n) is 8.90. The predicted molar refractivity (Wildman–Crippen MR) is 109 cm³/mol. The van der Waals surface area contributed by atoms with E-state index in [1.165, 1.54) is 23.5 Å². The van der Waals surface area contributed by atoms with Gasteiger partial charge in [0.25, 0.3) is 0 Å². The summed E-state index contributed by atoms with van der Waals surface area (Å²) in [7, 11) is 1.59. The molecule has 0 aliphatic rings. The van der Waals surface area contributed by atoms with Gasteiger partial charge < -0.3 is 10.1 Å². The summed E-state index contributed by atoms with van der Waals surface area (Å²) in [4.78, 5) is 17.7. The lowest BCUT2D eigenvalue weighted by Crippen LogP contribution is -2.16. The number of hydrogen-bond acceptors (Lipinski definition) is 4. The highest BCUT2D eigenvalue weighted by molar-refractivity contribution is 7.15. The van der Waals surface area contributed by atoms with Crippen LogP contribution in [0.2, 0.25) is 0 Å². The van der Waals surface area contributed by atoms with Gasteiger partial charge in [-0.05, 0) is 30.3 Å². The van der Waals surface area contributed by atoms with E-state index in [1.807, 2.05) is 40.2 Å². The zero-order valence-electron chi connectivity index (χ0n) is 15.7. The highest BCUT2D eigenvalue weighted by atomic mass is 32.1. The van der Waals surface area contributed by atoms with Crippen molar-refractivity contribution in [3.05, 3.63) is 71.4 Å². The van der Waals surface area contributed by atoms with Crippen LogP contribution in [-0.2, 0) is 17.4 Å². The predicted octanol–water partition coefficient (Wildman–Crippen LogP) is 5.27. The van der Waals surface area contributed by atoms with Crippen LogP contribution in [0.1, 0.15) is 11.3 Å². The minimum absolute atomic E-state index is 0.00412. The number of nitrogens with zero attached hydrogens (tertiary/aromatic N) is 2. The molecule has 1 amide bonds. The molecule has 0 fully saturated rings. The lowest BCUT2D eigenvalue weighted by molar-refractivity contribution is -0.137. The summed E-state index contributed by atoms with van der Waals surface area (Å²) < 4.78 is 45.6. The topological polar surface area (TPSA) is 55.6 Å². The van der Waals surface area contributed by atoms with Crippen LogP contribution in [0.5, 0.6) is 5.75 Å². The van der Waals surface area contributed by atoms with Crippen molar-refractivity contribution in [3.63, 3.8) is 0 Å². The Morgan fingerprint density at radius 1 is 1.20 bits per heavy atom. The fourth-order valence-electron chi connectivity index (χ4n) is 3.02. The van der Waals surface area contributed by atoms with Crippen LogP contribution in [0.4, 0.5) is 18.9 Å². The van der Waals surface area contributed by atoms with E-state index in [1.54, 1.807) is 7.11 Å². The van der Waals surface area contributed by atoms with Crippen molar-refractivity contribution in [2.24, 2.45) is 0 Å². The molecule has 4 rings (SSSR count). The first-order valence-corrected chi connectivity index (χ1v) is 9.78. The number of amides is 1. The largest absolute Gasteiger partial charge is 0.497 e. The van der Waals surface area contributed by atoms with Crippen molar-refractivity contribution < 1.29 is 22.7 Å². The molecular formula is C21H16F3N3O2S. The Morgan fingerprint density at radius 3 is 2.77 bits per heavy atom. The Kier molecular flexibility index (Phi) is 5.21. The zero-order chi connectivity index (χ0) is 21.3. The lowest BCUT2D eigenvalue weighted by Gasteiger charge is -2.09. The molecule has 0 radical (unpaired) electrons. The summed E-state index contributed by atoms with van der Waals surface area (Å²) in [5.41, 5.74) is 1.60. The molecule has 0 aliphatic carbocycles. The van der Waals surface area contributed by atoms with Gasteiger partial charge in [-0.25, -0.2) is 4.98 Å². The molecule has 0 saturated carbocycles. The molecule has 0 aliphatic heterocycles. The number of benzene rings is 2. The minimum Gasteiger partial charge on any atom is -0.497 e. The normalized spacial score (nSPS) is 11.6. The van der Waals surface area contributed by atoms with Gasteiger partial charge in [-0.1, -0.05) is 18.2 Å². The van der Waals surface area contributed by atoms with E-state index in [-0.39, 0.29) is 12.1 Å². The molecule has 2 aromatic carbocycles. The number of fused-ring (bicyclic) bond motifs is 1. The maximum Gasteiger partial charge on any atom is 0.416 e. The summed E-state index contributed by atoms with van der Waals surface area (Å²) >= 11 is 1.39. The van der Waals surface area contributed by atoms with Crippen molar-refractivity contribution in [3.8, 4) is 17.0 Å². The number of carbonyl (C=O) groups is 1. The molecule has 154 valence electrons. The molecule has 30 heavy (non-hydrogen) atoms. The average Bonchev–Trinajstić information content (AvgIpc) is 3.29. The van der Waals surface area contributed by atoms with E-state index < -0.39 is 17.6 Å². The minimum atomic E-state index is -4.46. The van der Waals surface area contributed by atoms with Crippen LogP contribution in [0, 0.1) is 0 Å². The quantitative estimate of drug-likeness (QED) is 0.468. The molecule has 2 heterocycles. The molecule has 1 N–H and O–H groups in total. The summed E-state index contributed by atoms with van der Waals surface area (Å²) in [6.45, 7) is 0. The maximum atomic E-state index is 12.8. The number of anilines is 1. The fraction of sp³-hybridized carbons (Fsp3) is 0.143. The highest BCUT2D eigenvalue weighted by Gasteiger charge is 2.30. The van der Waals surface area contributed by atoms with E-state index in [0.717, 1.165) is 28.4 Å². The van der Waals surface area contributed by atoms with Gasteiger partial charge in [0, 0.05) is 28.5 Å². The number of carbonyl (C=O) groups excluding carboxylic acids is 1. The Balaban J connectivity index is 1.53. The monoisotopic (exact) mass is 431 g/mol. The van der Waals surface area contributed by atoms with Gasteiger partial charge in [0.1, 0.15) is 5.75 Å². The van der Waals surface area contributed by atoms with Crippen LogP contribution >= 0.6 is 11.3 Å². The Bertz CT molecular complexity index is 1210. The van der Waals surface area contributed by atoms with Crippen molar-refractivity contribution in [2.75, 3.05) is 12.4 Å². The maximum absolute atomic E-state index is 12.8. The summed E-state index contributed by atoms with van der Waals surface area (Å²) in [6, 6.07) is 12.0. The summed E-state index contributed by atoms with van der Waals surface area (Å²) in [5.74, 6) is 0.301. The number of ether oxygens (including phenoxy) is 1. The molecule has 0 bridgehead atoms. The van der Waals surface area contributed by atoms with Crippen molar-refractivity contribution in [1.29, 1.82) is 0 Å². The molecule has 0 atom stereocenters. The third-order valence-corrected chi connectivity index (χ3v) is 5.35. The second-order valence-corrected chi connectivity index (χ2v) is 7.38. The molecule has 4 aromatic rings. The van der Waals surface area contributed by atoms with E-state index >= 15 is 0 Å². The van der Waals surface area contributed by atoms with Gasteiger partial charge in [-0.2, -0.15) is 13.2 Å². The summed E-state index contributed by atoms with van der Waals surface area (Å²) in [6.07, 6.45) is -2.63. The third-order valence-electron chi connectivity index (χ3n) is 4.46. The number of aromatic nitrogens is 2. The number of imidazole rings is 1. The molecule has 0 saturated heterocycles. The van der Waals surface area contributed by atoms with E-state index in [9.17, 15) is 18.0 Å². The van der Waals surface area contributed by atoms with Gasteiger partial charge in [0.05, 0.1) is 24.8 Å². The standard InChI is InChI=1S/C21H16F3N3O2S/c1-29-17-7-2-4-13(8-17)18-11-27-16(12-30-20(27)26-18)10-19(28)25-15-6-3-5-14(9-15)21(22,23)24/h2-9,11-12H,10H2,1H3,(H,25,28). The van der Waals surface area contributed by atoms with Gasteiger partial charge in [-0.3, -0.25) is 9.20 Å². The smallest absolute Gasteiger partial charge is 0.416 e. The van der Waals surface area contributed by atoms with Gasteiger partial charge in [0.15, 0.2) is 4.96 Å². The van der Waals surface area contributed by atoms with Crippen molar-refractivity contribution >= 4 is 27.9 Å². The number of alkyl halides is 3. The van der Waals surface area contributed by atoms with E-state index in [0.29, 0.717) is 11.4 Å². The first-order chi connectivity index (χ1) is 14.3. The van der Waals surface area contributed by atoms with Crippen LogP contribution < -0.4 is 10.1 Å². The van der Waals surface area contributed by atoms with Crippen LogP contribution in [0.3, 0.4) is 0 Å². The van der Waals surface area contributed by atoms with Gasteiger partial charge >= 0.3 is 6.18 Å². The molecule has 2 aromatic heterocycles. The van der Waals surface area contributed by atoms with Gasteiger partial charge in [-0.15, -0.1) is 11.3 Å². The number of halogens is 3. The van der Waals surface area contributed by atoms with Gasteiger partial charge in [0.2, 0.25) is 5.91 Å². The highest BCUT2D eigenvalue weighted by Crippen LogP contribution is 2.31. The average molecular weight is 431 g/mol. The molecule has 0 unspecified atom stereocenters. The molecular weight excluding hydrogens is 415 g/mol. The van der Waals surface area contributed by atoms with Crippen LogP contribution in [0.15, 0.2) is 60.1 Å². The number of rotatable bonds is 5. The van der Waals surface area contributed by atoms with Crippen LogP contribution in [-0.4, -0.2) is 22.4 Å². The number of methoxy groups -OCH3 is 1. The Hall–Kier alpha value is -3.33. The number of thiazole rings is 1. The number of nitrogens with one attached hydrogen (secondary N) is 1. The number of hydrogen-bond donors (Lipinski definition) is 1. The van der Waals surface area contributed by atoms with Crippen molar-refractivity contribution in [1.82, 2.24) is 9.38 Å². The van der Waals surface area contributed by atoms with E-state index in [2.05, 4.69) is 10.3 Å². The zero-order valence-corrected chi connectivity index (χ0v) is 16.6. The molecule has 0 spiro atoms. The molecule has 5 nitrogen and oxygen atoms in total. The van der Waals surface area contributed by atoms with E-state index in [4.69, 9.17) is 4.74 Å². The third kappa shape index (κ3) is 4.16. The first kappa shape index (κ1) is 20.0. The van der Waals surface area contributed by atoms with Crippen molar-refractivity contribution in [2.45, 2.75) is 12.6 Å². The Labute approximate surface area is 173 Å². The molecule has 9 heteroatoms. The lowest BCUT2D eigenvalue weighted by atomic mass is 10.1. The fourth-order valence-corrected chi connectivity index (χ4v) is 3.89. The van der Waals surface area contributed by atoms with Crippen LogP contribution in [0.25, 0.3) is 16.2 Å².